The molecule has 0 aliphatic carbocycles. The van der Waals surface area contributed by atoms with Crippen LogP contribution in [0.4, 0.5) is 0 Å². The lowest BCUT2D eigenvalue weighted by atomic mass is 10.3. The van der Waals surface area contributed by atoms with Gasteiger partial charge in [-0.1, -0.05) is 6.92 Å². The normalized spacial score (nSPS) is 10.9. The van der Waals surface area contributed by atoms with E-state index in [-0.39, 0.29) is 0 Å². The van der Waals surface area contributed by atoms with Crippen molar-refractivity contribution in [2.75, 3.05) is 13.7 Å². The van der Waals surface area contributed by atoms with Crippen LogP contribution in [0.15, 0.2) is 6.20 Å². The highest BCUT2D eigenvalue weighted by molar-refractivity contribution is 5.25. The van der Waals surface area contributed by atoms with Gasteiger partial charge in [0, 0.05) is 12.6 Å². The molecule has 0 radical (unpaired) electrons. The molecule has 1 aromatic heterocycles. The zero-order valence-electron chi connectivity index (χ0n) is 9.37. The second-order valence-electron chi connectivity index (χ2n) is 3.48. The van der Waals surface area contributed by atoms with Crippen molar-refractivity contribution in [3.8, 4) is 5.75 Å². The summed E-state index contributed by atoms with van der Waals surface area (Å²) in [5, 5.41) is 7.57. The molecule has 1 N–H and O–H groups in total. The molecule has 0 aromatic carbocycles. The van der Waals surface area contributed by atoms with Gasteiger partial charge in [0.25, 0.3) is 0 Å². The number of nitrogens with zero attached hydrogens (tertiary/aromatic N) is 2. The van der Waals surface area contributed by atoms with Gasteiger partial charge >= 0.3 is 0 Å². The fourth-order valence-corrected chi connectivity index (χ4v) is 1.40. The van der Waals surface area contributed by atoms with Crippen LogP contribution in [0.5, 0.6) is 5.75 Å². The first-order chi connectivity index (χ1) is 6.70. The first-order valence-corrected chi connectivity index (χ1v) is 5.01. The molecule has 0 spiro atoms. The maximum absolute atomic E-state index is 5.25. The quantitative estimate of drug-likeness (QED) is 0.779. The Balaban J connectivity index is 2.88. The van der Waals surface area contributed by atoms with Crippen LogP contribution in [-0.4, -0.2) is 23.4 Å². The Morgan fingerprint density at radius 1 is 1.57 bits per heavy atom. The van der Waals surface area contributed by atoms with E-state index >= 15 is 0 Å². The van der Waals surface area contributed by atoms with Gasteiger partial charge in [-0.25, -0.2) is 0 Å². The molecule has 0 bridgehead atoms. The third-order valence-electron chi connectivity index (χ3n) is 2.11. The van der Waals surface area contributed by atoms with Crippen LogP contribution in [0, 0.1) is 0 Å². The minimum absolute atomic E-state index is 0.368. The summed E-state index contributed by atoms with van der Waals surface area (Å²) in [7, 11) is 1.68. The molecule has 0 saturated carbocycles. The van der Waals surface area contributed by atoms with Gasteiger partial charge in [0.15, 0.2) is 5.75 Å². The van der Waals surface area contributed by atoms with Crippen LogP contribution >= 0.6 is 0 Å². The van der Waals surface area contributed by atoms with Gasteiger partial charge in [0.1, 0.15) is 0 Å². The number of methoxy groups -OCH3 is 1. The fourth-order valence-electron chi connectivity index (χ4n) is 1.40. The van der Waals surface area contributed by atoms with Crippen LogP contribution in [-0.2, 0) is 6.54 Å². The third-order valence-corrected chi connectivity index (χ3v) is 2.11. The first kappa shape index (κ1) is 11.0. The Kier molecular flexibility index (Phi) is 3.95. The van der Waals surface area contributed by atoms with E-state index in [9.17, 15) is 0 Å². The SMILES string of the molecule is CCNCc1c(OC)cnn1C(C)C. The van der Waals surface area contributed by atoms with Crippen molar-refractivity contribution in [3.63, 3.8) is 0 Å². The second-order valence-corrected chi connectivity index (χ2v) is 3.48. The van der Waals surface area contributed by atoms with E-state index in [1.165, 1.54) is 0 Å². The van der Waals surface area contributed by atoms with Crippen LogP contribution in [0.3, 0.4) is 0 Å². The van der Waals surface area contributed by atoms with Gasteiger partial charge in [0.2, 0.25) is 0 Å². The van der Waals surface area contributed by atoms with E-state index in [1.54, 1.807) is 13.3 Å². The van der Waals surface area contributed by atoms with E-state index < -0.39 is 0 Å². The number of ether oxygens (including phenoxy) is 1. The number of aromatic nitrogens is 2. The molecule has 1 aromatic rings. The predicted molar refractivity (Wildman–Crippen MR) is 56.5 cm³/mol. The zero-order valence-corrected chi connectivity index (χ0v) is 9.37. The Hall–Kier alpha value is -1.03. The third kappa shape index (κ3) is 2.26. The molecule has 0 unspecified atom stereocenters. The lowest BCUT2D eigenvalue weighted by Crippen LogP contribution is -2.17. The van der Waals surface area contributed by atoms with Gasteiger partial charge < -0.3 is 10.1 Å². The molecule has 4 nitrogen and oxygen atoms in total. The van der Waals surface area contributed by atoms with E-state index in [0.29, 0.717) is 6.04 Å². The summed E-state index contributed by atoms with van der Waals surface area (Å²) < 4.78 is 7.24. The Labute approximate surface area is 85.3 Å². The molecule has 0 amide bonds. The molecular formula is C10H19N3O. The van der Waals surface area contributed by atoms with Crippen LogP contribution in [0.25, 0.3) is 0 Å². The van der Waals surface area contributed by atoms with Crippen molar-refractivity contribution in [1.82, 2.24) is 15.1 Å². The molecule has 80 valence electrons. The molecule has 14 heavy (non-hydrogen) atoms. The van der Waals surface area contributed by atoms with Crippen molar-refractivity contribution in [3.05, 3.63) is 11.9 Å². The Bertz CT molecular complexity index is 281. The molecule has 0 fully saturated rings. The van der Waals surface area contributed by atoms with Crippen molar-refractivity contribution in [2.24, 2.45) is 0 Å². The van der Waals surface area contributed by atoms with E-state index in [4.69, 9.17) is 4.74 Å². The monoisotopic (exact) mass is 197 g/mol. The smallest absolute Gasteiger partial charge is 0.161 e. The molecule has 1 heterocycles. The summed E-state index contributed by atoms with van der Waals surface area (Å²) in [5.74, 6) is 0.861. The van der Waals surface area contributed by atoms with Crippen molar-refractivity contribution < 1.29 is 4.74 Å². The highest BCUT2D eigenvalue weighted by Gasteiger charge is 2.12. The molecule has 0 aliphatic rings. The minimum atomic E-state index is 0.368. The van der Waals surface area contributed by atoms with E-state index in [2.05, 4.69) is 31.2 Å². The number of rotatable bonds is 5. The summed E-state index contributed by atoms with van der Waals surface area (Å²) in [5.41, 5.74) is 1.12. The van der Waals surface area contributed by atoms with Gasteiger partial charge in [-0.05, 0) is 20.4 Å². The average Bonchev–Trinajstić information content (AvgIpc) is 2.57. The fraction of sp³-hybridized carbons (Fsp3) is 0.700. The zero-order chi connectivity index (χ0) is 10.6. The first-order valence-electron chi connectivity index (χ1n) is 5.01. The van der Waals surface area contributed by atoms with E-state index in [0.717, 1.165) is 24.5 Å². The maximum atomic E-state index is 5.25. The molecule has 0 saturated heterocycles. The topological polar surface area (TPSA) is 39.1 Å². The van der Waals surface area contributed by atoms with Crippen molar-refractivity contribution in [2.45, 2.75) is 33.4 Å². The molecule has 4 heteroatoms. The lowest BCUT2D eigenvalue weighted by Gasteiger charge is -2.12. The van der Waals surface area contributed by atoms with Crippen LogP contribution in [0.1, 0.15) is 32.5 Å². The molecule has 0 atom stereocenters. The molecular weight excluding hydrogens is 178 g/mol. The summed E-state index contributed by atoms with van der Waals surface area (Å²) in [6.07, 6.45) is 1.77. The second kappa shape index (κ2) is 5.00. The highest BCUT2D eigenvalue weighted by atomic mass is 16.5. The van der Waals surface area contributed by atoms with Crippen LogP contribution < -0.4 is 10.1 Å². The van der Waals surface area contributed by atoms with Crippen molar-refractivity contribution >= 4 is 0 Å². The lowest BCUT2D eigenvalue weighted by molar-refractivity contribution is 0.401. The predicted octanol–water partition coefficient (Wildman–Crippen LogP) is 1.58. The highest BCUT2D eigenvalue weighted by Crippen LogP contribution is 2.20. The van der Waals surface area contributed by atoms with Gasteiger partial charge in [-0.3, -0.25) is 4.68 Å². The van der Waals surface area contributed by atoms with Gasteiger partial charge in [-0.2, -0.15) is 5.10 Å². The Morgan fingerprint density at radius 3 is 2.79 bits per heavy atom. The van der Waals surface area contributed by atoms with Gasteiger partial charge in [-0.15, -0.1) is 0 Å². The van der Waals surface area contributed by atoms with Crippen molar-refractivity contribution in [1.29, 1.82) is 0 Å². The number of hydrogen-bond acceptors (Lipinski definition) is 3. The number of hydrogen-bond donors (Lipinski definition) is 1. The van der Waals surface area contributed by atoms with Gasteiger partial charge in [0.05, 0.1) is 19.0 Å². The van der Waals surface area contributed by atoms with Crippen LogP contribution in [0.2, 0.25) is 0 Å². The summed E-state index contributed by atoms with van der Waals surface area (Å²) >= 11 is 0. The maximum Gasteiger partial charge on any atom is 0.161 e. The summed E-state index contributed by atoms with van der Waals surface area (Å²) in [4.78, 5) is 0. The summed E-state index contributed by atoms with van der Waals surface area (Å²) in [6, 6.07) is 0.368. The standard InChI is InChI=1S/C10H19N3O/c1-5-11-6-9-10(14-4)7-12-13(9)8(2)3/h7-8,11H,5-6H2,1-4H3. The largest absolute Gasteiger partial charge is 0.493 e. The minimum Gasteiger partial charge on any atom is -0.493 e. The molecule has 0 aliphatic heterocycles. The molecule has 1 rings (SSSR count). The van der Waals surface area contributed by atoms with E-state index in [1.807, 2.05) is 4.68 Å². The average molecular weight is 197 g/mol. The number of nitrogens with one attached hydrogen (secondary N) is 1. The summed E-state index contributed by atoms with van der Waals surface area (Å²) in [6.45, 7) is 8.07. The Morgan fingerprint density at radius 2 is 2.29 bits per heavy atom.